The highest BCUT2D eigenvalue weighted by molar-refractivity contribution is 7.22. The topological polar surface area (TPSA) is 116 Å². The number of aryl methyl sites for hydroxylation is 1. The van der Waals surface area contributed by atoms with E-state index < -0.39 is 11.6 Å². The number of hydrogen-bond acceptors (Lipinski definition) is 6. The molecular weight excluding hydrogens is 582 g/mol. The van der Waals surface area contributed by atoms with Crippen molar-refractivity contribution in [1.82, 2.24) is 15.0 Å². The zero-order valence-electron chi connectivity index (χ0n) is 24.1. The first-order valence-electron chi connectivity index (χ1n) is 13.6. The van der Waals surface area contributed by atoms with Crippen molar-refractivity contribution in [3.05, 3.63) is 105 Å². The summed E-state index contributed by atoms with van der Waals surface area (Å²) in [7, 11) is 0. The summed E-state index contributed by atoms with van der Waals surface area (Å²) in [6.07, 6.45) is 1.68. The number of aromatic amines is 1. The first kappa shape index (κ1) is 30.1. The molecule has 0 aliphatic heterocycles. The molecule has 0 amide bonds. The lowest BCUT2D eigenvalue weighted by atomic mass is 9.93. The second-order valence-corrected chi connectivity index (χ2v) is 12.7. The van der Waals surface area contributed by atoms with E-state index in [0.717, 1.165) is 65.2 Å². The monoisotopic (exact) mass is 611 g/mol. The molecule has 0 saturated heterocycles. The van der Waals surface area contributed by atoms with E-state index in [4.69, 9.17) is 21.7 Å². The Hall–Kier alpha value is -4.37. The number of H-pyrrole nitrogens is 1. The summed E-state index contributed by atoms with van der Waals surface area (Å²) in [4.78, 5) is 35.7. The van der Waals surface area contributed by atoms with Crippen molar-refractivity contribution in [3.8, 4) is 33.0 Å². The smallest absolute Gasteiger partial charge is 0.307 e. The highest BCUT2D eigenvalue weighted by atomic mass is 35.5. The van der Waals surface area contributed by atoms with Gasteiger partial charge in [-0.1, -0.05) is 29.8 Å². The number of thiazole rings is 1. The lowest BCUT2D eigenvalue weighted by Gasteiger charge is -2.13. The van der Waals surface area contributed by atoms with Crippen LogP contribution in [-0.4, -0.2) is 36.7 Å². The van der Waals surface area contributed by atoms with E-state index in [-0.39, 0.29) is 12.0 Å². The molecule has 0 unspecified atom stereocenters. The number of carbonyl (C=O) groups is 1. The summed E-state index contributed by atoms with van der Waals surface area (Å²) in [6, 6.07) is 22.4. The first-order valence-corrected chi connectivity index (χ1v) is 14.8. The maximum Gasteiger partial charge on any atom is 0.307 e. The molecule has 0 bridgehead atoms. The van der Waals surface area contributed by atoms with E-state index >= 15 is 0 Å². The zero-order chi connectivity index (χ0) is 30.9. The van der Waals surface area contributed by atoms with Crippen molar-refractivity contribution in [2.24, 2.45) is 0 Å². The maximum atomic E-state index is 11.7. The van der Waals surface area contributed by atoms with Crippen LogP contribution in [0.15, 0.2) is 83.8 Å². The third-order valence-corrected chi connectivity index (χ3v) is 7.89. The molecule has 43 heavy (non-hydrogen) atoms. The quantitative estimate of drug-likeness (QED) is 0.182. The van der Waals surface area contributed by atoms with Crippen molar-refractivity contribution >= 4 is 50.0 Å². The van der Waals surface area contributed by atoms with Crippen LogP contribution >= 0.6 is 22.9 Å². The normalized spacial score (nSPS) is 11.4. The van der Waals surface area contributed by atoms with E-state index in [1.54, 1.807) is 33.0 Å². The Balaban J connectivity index is 0.000000682. The Labute approximate surface area is 257 Å². The lowest BCUT2D eigenvalue weighted by Crippen LogP contribution is -2.10. The van der Waals surface area contributed by atoms with Crippen LogP contribution in [0.1, 0.15) is 31.9 Å². The number of benzene rings is 3. The van der Waals surface area contributed by atoms with Crippen LogP contribution in [0.25, 0.3) is 54.1 Å². The summed E-state index contributed by atoms with van der Waals surface area (Å²) in [6.45, 7) is 7.15. The Morgan fingerprint density at radius 2 is 1.65 bits per heavy atom. The van der Waals surface area contributed by atoms with Crippen molar-refractivity contribution in [2.75, 3.05) is 0 Å². The highest BCUT2D eigenvalue weighted by Gasteiger charge is 2.20. The van der Waals surface area contributed by atoms with E-state index in [1.165, 1.54) is 17.4 Å². The van der Waals surface area contributed by atoms with Gasteiger partial charge in [-0.25, -0.2) is 4.98 Å². The number of aromatic nitrogens is 3. The zero-order valence-corrected chi connectivity index (χ0v) is 25.7. The molecule has 0 spiro atoms. The number of nitrogens with one attached hydrogen (secondary N) is 1. The second-order valence-electron chi connectivity index (χ2n) is 11.2. The average molecular weight is 612 g/mol. The molecule has 218 valence electrons. The fraction of sp³-hybridized carbons (Fsp3) is 0.176. The van der Waals surface area contributed by atoms with Gasteiger partial charge < -0.3 is 15.2 Å². The van der Waals surface area contributed by atoms with Crippen molar-refractivity contribution in [3.63, 3.8) is 0 Å². The van der Waals surface area contributed by atoms with Crippen LogP contribution in [0, 0.1) is 6.92 Å². The number of carboxylic acids is 1. The molecule has 6 rings (SSSR count). The SMILES string of the molecule is CC(C)(C)O.Cc1cc2nc(-c3ccnc(-c4ccc5[nH]c(=O)ccc5c4)c3)sc2c(-c2ccc(Cl)cc2)c1CC(=O)O. The molecule has 0 radical (unpaired) electrons. The number of rotatable bonds is 5. The highest BCUT2D eigenvalue weighted by Crippen LogP contribution is 2.41. The Bertz CT molecular complexity index is 2020. The van der Waals surface area contributed by atoms with E-state index in [9.17, 15) is 14.7 Å². The van der Waals surface area contributed by atoms with Gasteiger partial charge >= 0.3 is 5.97 Å². The third kappa shape index (κ3) is 7.17. The maximum absolute atomic E-state index is 11.7. The largest absolute Gasteiger partial charge is 0.481 e. The summed E-state index contributed by atoms with van der Waals surface area (Å²) in [5, 5.41) is 20.5. The predicted molar refractivity (Wildman–Crippen MR) is 175 cm³/mol. The molecule has 0 aliphatic carbocycles. The molecular formula is C34H30ClN3O4S. The molecule has 9 heteroatoms. The molecule has 3 aromatic carbocycles. The van der Waals surface area contributed by atoms with Crippen LogP contribution in [-0.2, 0) is 11.2 Å². The summed E-state index contributed by atoms with van der Waals surface area (Å²) < 4.78 is 0.928. The molecule has 3 N–H and O–H groups in total. The number of carboxylic acid groups (broad SMARTS) is 1. The number of pyridine rings is 2. The van der Waals surface area contributed by atoms with E-state index in [2.05, 4.69) is 9.97 Å². The molecule has 0 saturated carbocycles. The molecule has 0 aliphatic rings. The molecule has 7 nitrogen and oxygen atoms in total. The van der Waals surface area contributed by atoms with Crippen LogP contribution in [0.3, 0.4) is 0 Å². The summed E-state index contributed by atoms with van der Waals surface area (Å²) in [5.41, 5.74) is 7.00. The number of hydrogen-bond donors (Lipinski definition) is 3. The standard InChI is InChI=1S/C30H20ClN3O3S.C4H10O/c1-16-12-25-29(28(22(16)15-27(36)37)17-2-6-21(31)7-3-17)38-30(34-25)20-10-11-32-24(14-20)19-4-8-23-18(13-19)5-9-26(35)33-23;1-4(2,3)5/h2-14H,15H2,1H3,(H,33,35)(H,36,37);5H,1-3H3. The summed E-state index contributed by atoms with van der Waals surface area (Å²) in [5.74, 6) is -0.884. The number of aliphatic carboxylic acids is 1. The van der Waals surface area contributed by atoms with Crippen molar-refractivity contribution in [1.29, 1.82) is 0 Å². The Morgan fingerprint density at radius 1 is 0.953 bits per heavy atom. The average Bonchev–Trinajstić information content (AvgIpc) is 3.36. The molecule has 0 fully saturated rings. The second kappa shape index (κ2) is 12.1. The van der Waals surface area contributed by atoms with E-state index in [1.807, 2.05) is 67.6 Å². The molecule has 6 aromatic rings. The minimum Gasteiger partial charge on any atom is -0.481 e. The van der Waals surface area contributed by atoms with Gasteiger partial charge in [0.15, 0.2) is 0 Å². The van der Waals surface area contributed by atoms with Crippen LogP contribution < -0.4 is 5.56 Å². The van der Waals surface area contributed by atoms with Gasteiger partial charge in [0.25, 0.3) is 0 Å². The first-order chi connectivity index (χ1) is 20.4. The van der Waals surface area contributed by atoms with Crippen LogP contribution in [0.2, 0.25) is 5.02 Å². The minimum absolute atomic E-state index is 0.0837. The van der Waals surface area contributed by atoms with Gasteiger partial charge in [-0.2, -0.15) is 0 Å². The fourth-order valence-corrected chi connectivity index (χ4v) is 5.96. The molecule has 3 aromatic heterocycles. The van der Waals surface area contributed by atoms with Gasteiger partial charge in [0.2, 0.25) is 5.56 Å². The molecule has 0 atom stereocenters. The summed E-state index contributed by atoms with van der Waals surface area (Å²) >= 11 is 7.67. The van der Waals surface area contributed by atoms with Crippen LogP contribution in [0.5, 0.6) is 0 Å². The molecule has 3 heterocycles. The van der Waals surface area contributed by atoms with Gasteiger partial charge in [0.1, 0.15) is 5.01 Å². The van der Waals surface area contributed by atoms with Gasteiger partial charge in [0, 0.05) is 39.5 Å². The Morgan fingerprint density at radius 3 is 2.35 bits per heavy atom. The number of fused-ring (bicyclic) bond motifs is 2. The van der Waals surface area contributed by atoms with Crippen molar-refractivity contribution in [2.45, 2.75) is 39.7 Å². The number of nitrogens with zero attached hydrogens (tertiary/aromatic N) is 2. The van der Waals surface area contributed by atoms with Gasteiger partial charge in [-0.05, 0) is 98.3 Å². The third-order valence-electron chi connectivity index (χ3n) is 6.50. The van der Waals surface area contributed by atoms with Gasteiger partial charge in [-0.3, -0.25) is 14.6 Å². The number of aliphatic hydroxyl groups is 1. The lowest BCUT2D eigenvalue weighted by molar-refractivity contribution is -0.136. The fourth-order valence-electron chi connectivity index (χ4n) is 4.69. The minimum atomic E-state index is -0.884. The number of halogens is 1. The van der Waals surface area contributed by atoms with E-state index in [0.29, 0.717) is 5.02 Å². The van der Waals surface area contributed by atoms with Gasteiger partial charge in [-0.15, -0.1) is 11.3 Å². The van der Waals surface area contributed by atoms with Gasteiger partial charge in [0.05, 0.1) is 27.9 Å². The van der Waals surface area contributed by atoms with Crippen LogP contribution in [0.4, 0.5) is 0 Å². The predicted octanol–water partition coefficient (Wildman–Crippen LogP) is 7.90. The van der Waals surface area contributed by atoms with Crippen molar-refractivity contribution < 1.29 is 15.0 Å². The Kier molecular flexibility index (Phi) is 8.46.